The molecule has 2 aromatic carbocycles. The molecule has 9 heteroatoms. The van der Waals surface area contributed by atoms with Crippen molar-refractivity contribution in [1.29, 1.82) is 0 Å². The van der Waals surface area contributed by atoms with Crippen LogP contribution in [0.5, 0.6) is 0 Å². The molecule has 0 fully saturated rings. The molecule has 3 aromatic rings. The Morgan fingerprint density at radius 2 is 1.89 bits per heavy atom. The third kappa shape index (κ3) is 4.53. The van der Waals surface area contributed by atoms with Gasteiger partial charge in [0.25, 0.3) is 5.69 Å². The lowest BCUT2D eigenvalue weighted by Gasteiger charge is -2.03. The molecule has 0 spiro atoms. The standard InChI is InChI=1S/C18H14N4O4S/c23-17(24)14(10-13-8-4-5-9-16(13)22(25)26)20-21-18-19-15(11-27-18)12-6-2-1-3-7-12/h1-9,11H,10H2,(H,19,21)(H,23,24)/b20-14+. The monoisotopic (exact) mass is 382 g/mol. The number of nitro groups is 1. The molecule has 0 aliphatic rings. The summed E-state index contributed by atoms with van der Waals surface area (Å²) < 4.78 is 0. The maximum Gasteiger partial charge on any atom is 0.352 e. The normalized spacial score (nSPS) is 11.2. The zero-order valence-corrected chi connectivity index (χ0v) is 14.7. The van der Waals surface area contributed by atoms with Gasteiger partial charge in [-0.1, -0.05) is 48.5 Å². The molecular weight excluding hydrogens is 368 g/mol. The lowest BCUT2D eigenvalue weighted by atomic mass is 10.1. The average Bonchev–Trinajstić information content (AvgIpc) is 3.15. The Morgan fingerprint density at radius 3 is 2.59 bits per heavy atom. The molecule has 0 saturated heterocycles. The Balaban J connectivity index is 1.79. The van der Waals surface area contributed by atoms with Gasteiger partial charge < -0.3 is 5.11 Å². The molecule has 136 valence electrons. The van der Waals surface area contributed by atoms with Crippen molar-refractivity contribution in [3.05, 3.63) is 75.7 Å². The summed E-state index contributed by atoms with van der Waals surface area (Å²) in [6, 6.07) is 15.5. The first-order valence-corrected chi connectivity index (χ1v) is 8.71. The fourth-order valence-corrected chi connectivity index (χ4v) is 3.03. The molecule has 0 aliphatic carbocycles. The number of nitrogens with one attached hydrogen (secondary N) is 1. The van der Waals surface area contributed by atoms with Crippen molar-refractivity contribution in [3.8, 4) is 11.3 Å². The summed E-state index contributed by atoms with van der Waals surface area (Å²) in [7, 11) is 0. The Bertz CT molecular complexity index is 1000. The zero-order valence-electron chi connectivity index (χ0n) is 13.9. The van der Waals surface area contributed by atoms with Crippen molar-refractivity contribution in [2.24, 2.45) is 5.10 Å². The predicted octanol–water partition coefficient (Wildman–Crippen LogP) is 3.81. The quantitative estimate of drug-likeness (QED) is 0.364. The molecule has 0 radical (unpaired) electrons. The van der Waals surface area contributed by atoms with E-state index in [9.17, 15) is 20.0 Å². The first kappa shape index (κ1) is 18.2. The number of carboxylic acids is 1. The number of carboxylic acid groups (broad SMARTS) is 1. The number of nitrogens with zero attached hydrogens (tertiary/aromatic N) is 3. The molecule has 1 aromatic heterocycles. The highest BCUT2D eigenvalue weighted by molar-refractivity contribution is 7.14. The summed E-state index contributed by atoms with van der Waals surface area (Å²) in [5.74, 6) is -1.26. The number of thiazole rings is 1. The van der Waals surface area contributed by atoms with Gasteiger partial charge in [-0.15, -0.1) is 11.3 Å². The minimum atomic E-state index is -1.26. The van der Waals surface area contributed by atoms with Gasteiger partial charge in [-0.25, -0.2) is 9.78 Å². The molecule has 0 atom stereocenters. The Hall–Kier alpha value is -3.59. The van der Waals surface area contributed by atoms with Crippen LogP contribution in [0, 0.1) is 10.1 Å². The number of benzene rings is 2. The van der Waals surface area contributed by atoms with Crippen LogP contribution in [0.1, 0.15) is 5.56 Å². The van der Waals surface area contributed by atoms with Gasteiger partial charge in [0.15, 0.2) is 0 Å². The van der Waals surface area contributed by atoms with Gasteiger partial charge in [0, 0.05) is 29.0 Å². The number of aromatic nitrogens is 1. The summed E-state index contributed by atoms with van der Waals surface area (Å²) in [6.45, 7) is 0. The highest BCUT2D eigenvalue weighted by Gasteiger charge is 2.18. The van der Waals surface area contributed by atoms with E-state index in [1.165, 1.54) is 29.5 Å². The van der Waals surface area contributed by atoms with Crippen LogP contribution in [0.2, 0.25) is 0 Å². The minimum absolute atomic E-state index is 0.146. The van der Waals surface area contributed by atoms with E-state index >= 15 is 0 Å². The number of hydrogen-bond acceptors (Lipinski definition) is 7. The summed E-state index contributed by atoms with van der Waals surface area (Å²) >= 11 is 1.28. The molecule has 0 aliphatic heterocycles. The first-order valence-electron chi connectivity index (χ1n) is 7.83. The van der Waals surface area contributed by atoms with Gasteiger partial charge in [-0.3, -0.25) is 15.5 Å². The maximum atomic E-state index is 11.5. The highest BCUT2D eigenvalue weighted by Crippen LogP contribution is 2.24. The summed E-state index contributed by atoms with van der Waals surface area (Å²) in [4.78, 5) is 26.4. The Kier molecular flexibility index (Phi) is 5.53. The third-order valence-electron chi connectivity index (χ3n) is 3.65. The van der Waals surface area contributed by atoms with E-state index in [-0.39, 0.29) is 23.4 Å². The molecule has 0 unspecified atom stereocenters. The largest absolute Gasteiger partial charge is 0.477 e. The second kappa shape index (κ2) is 8.19. The molecule has 0 saturated carbocycles. The molecule has 0 bridgehead atoms. The Morgan fingerprint density at radius 1 is 1.19 bits per heavy atom. The van der Waals surface area contributed by atoms with Gasteiger partial charge in [0.1, 0.15) is 5.71 Å². The molecule has 3 rings (SSSR count). The van der Waals surface area contributed by atoms with Crippen molar-refractivity contribution < 1.29 is 14.8 Å². The van der Waals surface area contributed by atoms with Gasteiger partial charge in [0.05, 0.1) is 10.6 Å². The van der Waals surface area contributed by atoms with Crippen LogP contribution in [0.3, 0.4) is 0 Å². The van der Waals surface area contributed by atoms with Crippen LogP contribution in [-0.2, 0) is 11.2 Å². The second-order valence-electron chi connectivity index (χ2n) is 5.44. The fraction of sp³-hybridized carbons (Fsp3) is 0.0556. The van der Waals surface area contributed by atoms with E-state index in [2.05, 4.69) is 15.5 Å². The van der Waals surface area contributed by atoms with Crippen LogP contribution in [0.15, 0.2) is 65.1 Å². The lowest BCUT2D eigenvalue weighted by molar-refractivity contribution is -0.385. The molecule has 2 N–H and O–H groups in total. The number of rotatable bonds is 7. The number of anilines is 1. The topological polar surface area (TPSA) is 118 Å². The van der Waals surface area contributed by atoms with Gasteiger partial charge in [-0.05, 0) is 0 Å². The van der Waals surface area contributed by atoms with E-state index in [0.29, 0.717) is 5.13 Å². The number of para-hydroxylation sites is 1. The smallest absolute Gasteiger partial charge is 0.352 e. The van der Waals surface area contributed by atoms with Crippen molar-refractivity contribution in [2.45, 2.75) is 6.42 Å². The summed E-state index contributed by atoms with van der Waals surface area (Å²) in [6.07, 6.45) is -0.184. The highest BCUT2D eigenvalue weighted by atomic mass is 32.1. The molecule has 0 amide bonds. The number of carbonyl (C=O) groups is 1. The number of hydrazone groups is 1. The van der Waals surface area contributed by atoms with Gasteiger partial charge in [-0.2, -0.15) is 5.10 Å². The molecular formula is C18H14N4O4S. The number of aliphatic carboxylic acids is 1. The second-order valence-corrected chi connectivity index (χ2v) is 6.30. The zero-order chi connectivity index (χ0) is 19.2. The van der Waals surface area contributed by atoms with E-state index in [1.54, 1.807) is 6.07 Å². The van der Waals surface area contributed by atoms with Crippen molar-refractivity contribution in [3.63, 3.8) is 0 Å². The minimum Gasteiger partial charge on any atom is -0.477 e. The number of hydrogen-bond donors (Lipinski definition) is 2. The maximum absolute atomic E-state index is 11.5. The van der Waals surface area contributed by atoms with Gasteiger partial charge in [0.2, 0.25) is 5.13 Å². The van der Waals surface area contributed by atoms with Crippen molar-refractivity contribution in [1.82, 2.24) is 4.98 Å². The van der Waals surface area contributed by atoms with Crippen molar-refractivity contribution in [2.75, 3.05) is 5.43 Å². The lowest BCUT2D eigenvalue weighted by Crippen LogP contribution is -2.18. The van der Waals surface area contributed by atoms with Crippen LogP contribution in [0.25, 0.3) is 11.3 Å². The van der Waals surface area contributed by atoms with E-state index in [1.807, 2.05) is 35.7 Å². The Labute approximate surface area is 158 Å². The fourth-order valence-electron chi connectivity index (χ4n) is 2.36. The third-order valence-corrected chi connectivity index (χ3v) is 4.40. The first-order chi connectivity index (χ1) is 13.0. The van der Waals surface area contributed by atoms with Crippen molar-refractivity contribution >= 4 is 33.8 Å². The van der Waals surface area contributed by atoms with Gasteiger partial charge >= 0.3 is 5.97 Å². The van der Waals surface area contributed by atoms with Crippen LogP contribution in [-0.4, -0.2) is 26.7 Å². The summed E-state index contributed by atoms with van der Waals surface area (Å²) in [5.41, 5.74) is 4.19. The SMILES string of the molecule is O=C(O)/C(Cc1ccccc1[N+](=O)[O-])=N/Nc1nc(-c2ccccc2)cs1. The van der Waals surface area contributed by atoms with Crippen LogP contribution in [0.4, 0.5) is 10.8 Å². The summed E-state index contributed by atoms with van der Waals surface area (Å²) in [5, 5.41) is 26.6. The van der Waals surface area contributed by atoms with Crippen LogP contribution >= 0.6 is 11.3 Å². The predicted molar refractivity (Wildman–Crippen MR) is 103 cm³/mol. The average molecular weight is 382 g/mol. The van der Waals surface area contributed by atoms with E-state index in [0.717, 1.165) is 11.3 Å². The van der Waals surface area contributed by atoms with Crippen LogP contribution < -0.4 is 5.43 Å². The number of nitro benzene ring substituents is 1. The molecule has 8 nitrogen and oxygen atoms in total. The van der Waals surface area contributed by atoms with E-state index < -0.39 is 10.9 Å². The molecule has 1 heterocycles. The molecule has 27 heavy (non-hydrogen) atoms. The van der Waals surface area contributed by atoms with E-state index in [4.69, 9.17) is 0 Å².